The summed E-state index contributed by atoms with van der Waals surface area (Å²) in [5.74, 6) is 0. The van der Waals surface area contributed by atoms with Crippen molar-refractivity contribution < 1.29 is 4.74 Å². The van der Waals surface area contributed by atoms with Crippen molar-refractivity contribution in [2.75, 3.05) is 19.8 Å². The molecule has 1 rings (SSSR count). The third-order valence-electron chi connectivity index (χ3n) is 3.05. The van der Waals surface area contributed by atoms with Crippen LogP contribution in [0.4, 0.5) is 0 Å². The Morgan fingerprint density at radius 1 is 1.17 bits per heavy atom. The minimum absolute atomic E-state index is 0.525. The van der Waals surface area contributed by atoms with Gasteiger partial charge >= 0.3 is 0 Å². The number of hydrogen-bond acceptors (Lipinski definition) is 2. The molecule has 1 atom stereocenters. The first-order valence-electron chi connectivity index (χ1n) is 7.21. The van der Waals surface area contributed by atoms with Crippen molar-refractivity contribution in [2.45, 2.75) is 45.6 Å². The molecule has 0 bridgehead atoms. The monoisotopic (exact) mass is 249 g/mol. The highest BCUT2D eigenvalue weighted by Gasteiger charge is 2.05. The predicted molar refractivity (Wildman–Crippen MR) is 78.0 cm³/mol. The van der Waals surface area contributed by atoms with Crippen molar-refractivity contribution >= 4 is 0 Å². The van der Waals surface area contributed by atoms with Gasteiger partial charge in [-0.1, -0.05) is 50.6 Å². The quantitative estimate of drug-likeness (QED) is 0.642. The molecule has 0 heterocycles. The zero-order valence-electron chi connectivity index (χ0n) is 11.8. The lowest BCUT2D eigenvalue weighted by Gasteiger charge is -2.17. The van der Waals surface area contributed by atoms with Gasteiger partial charge in [0.25, 0.3) is 0 Å². The van der Waals surface area contributed by atoms with Gasteiger partial charge in [0.05, 0.1) is 6.61 Å². The average molecular weight is 249 g/mol. The molecule has 0 aromatic heterocycles. The second-order valence-electron chi connectivity index (χ2n) is 4.71. The molecule has 102 valence electrons. The number of nitrogens with one attached hydrogen (secondary N) is 1. The molecule has 0 aliphatic heterocycles. The molecular formula is C16H27NO. The molecule has 0 aliphatic carbocycles. The largest absolute Gasteiger partial charge is 0.380 e. The molecule has 1 aromatic carbocycles. The number of aryl methyl sites for hydroxylation is 1. The van der Waals surface area contributed by atoms with Gasteiger partial charge < -0.3 is 10.1 Å². The van der Waals surface area contributed by atoms with Crippen molar-refractivity contribution in [1.29, 1.82) is 0 Å². The zero-order chi connectivity index (χ0) is 13.1. The lowest BCUT2D eigenvalue weighted by atomic mass is 10.1. The molecule has 0 saturated carbocycles. The van der Waals surface area contributed by atoms with Gasteiger partial charge in [0.1, 0.15) is 0 Å². The highest BCUT2D eigenvalue weighted by Crippen LogP contribution is 2.03. The van der Waals surface area contributed by atoms with Crippen LogP contribution >= 0.6 is 0 Å². The Kier molecular flexibility index (Phi) is 8.53. The molecule has 1 aromatic rings. The molecule has 0 aliphatic rings. The van der Waals surface area contributed by atoms with E-state index in [-0.39, 0.29) is 0 Å². The summed E-state index contributed by atoms with van der Waals surface area (Å²) in [4.78, 5) is 0. The summed E-state index contributed by atoms with van der Waals surface area (Å²) in [5, 5.41) is 3.47. The first-order valence-corrected chi connectivity index (χ1v) is 7.21. The molecule has 2 nitrogen and oxygen atoms in total. The van der Waals surface area contributed by atoms with E-state index in [1.165, 1.54) is 18.4 Å². The van der Waals surface area contributed by atoms with E-state index in [2.05, 4.69) is 49.5 Å². The Balaban J connectivity index is 2.06. The van der Waals surface area contributed by atoms with Gasteiger partial charge in [-0.25, -0.2) is 0 Å². The van der Waals surface area contributed by atoms with Crippen molar-refractivity contribution in [1.82, 2.24) is 5.32 Å². The van der Waals surface area contributed by atoms with E-state index in [1.807, 2.05) is 0 Å². The first kappa shape index (κ1) is 15.2. The van der Waals surface area contributed by atoms with E-state index in [9.17, 15) is 0 Å². The van der Waals surface area contributed by atoms with Crippen LogP contribution in [0, 0.1) is 0 Å². The molecule has 0 fully saturated rings. The van der Waals surface area contributed by atoms with E-state index < -0.39 is 0 Å². The highest BCUT2D eigenvalue weighted by molar-refractivity contribution is 5.14. The van der Waals surface area contributed by atoms with Crippen LogP contribution in [0.3, 0.4) is 0 Å². The molecule has 1 N–H and O–H groups in total. The van der Waals surface area contributed by atoms with Crippen LogP contribution < -0.4 is 5.32 Å². The van der Waals surface area contributed by atoms with Crippen LogP contribution in [0.2, 0.25) is 0 Å². The molecule has 0 saturated heterocycles. The Morgan fingerprint density at radius 3 is 2.61 bits per heavy atom. The lowest BCUT2D eigenvalue weighted by Crippen LogP contribution is -2.33. The predicted octanol–water partition coefficient (Wildman–Crippen LogP) is 3.41. The number of hydrogen-bond donors (Lipinski definition) is 1. The maximum Gasteiger partial charge on any atom is 0.0619 e. The number of benzene rings is 1. The number of ether oxygens (including phenoxy) is 1. The minimum atomic E-state index is 0.525. The number of likely N-dealkylation sites (N-methyl/N-ethyl adjacent to an activating group) is 1. The maximum atomic E-state index is 5.76. The summed E-state index contributed by atoms with van der Waals surface area (Å²) >= 11 is 0. The van der Waals surface area contributed by atoms with Crippen molar-refractivity contribution in [2.24, 2.45) is 0 Å². The summed E-state index contributed by atoms with van der Waals surface area (Å²) < 4.78 is 5.76. The molecule has 2 heteroatoms. The zero-order valence-corrected chi connectivity index (χ0v) is 11.8. The fourth-order valence-corrected chi connectivity index (χ4v) is 2.13. The fourth-order valence-electron chi connectivity index (χ4n) is 2.13. The molecular weight excluding hydrogens is 222 g/mol. The van der Waals surface area contributed by atoms with Crippen LogP contribution in [0.1, 0.15) is 38.7 Å². The van der Waals surface area contributed by atoms with Crippen LogP contribution in [0.15, 0.2) is 30.3 Å². The Hall–Kier alpha value is -0.860. The summed E-state index contributed by atoms with van der Waals surface area (Å²) in [5.41, 5.74) is 1.40. The normalized spacial score (nSPS) is 12.6. The van der Waals surface area contributed by atoms with Gasteiger partial charge in [-0.15, -0.1) is 0 Å². The van der Waals surface area contributed by atoms with Crippen LogP contribution in [0.5, 0.6) is 0 Å². The van der Waals surface area contributed by atoms with Gasteiger partial charge in [-0.3, -0.25) is 0 Å². The Bertz CT molecular complexity index is 280. The summed E-state index contributed by atoms with van der Waals surface area (Å²) in [6.45, 7) is 7.10. The maximum absolute atomic E-state index is 5.76. The minimum Gasteiger partial charge on any atom is -0.380 e. The molecule has 0 amide bonds. The molecule has 1 unspecified atom stereocenters. The van der Waals surface area contributed by atoms with E-state index in [1.54, 1.807) is 0 Å². The van der Waals surface area contributed by atoms with Crippen molar-refractivity contribution in [3.8, 4) is 0 Å². The third-order valence-corrected chi connectivity index (χ3v) is 3.05. The van der Waals surface area contributed by atoms with Crippen molar-refractivity contribution in [3.05, 3.63) is 35.9 Å². The standard InChI is InChI=1S/C16H27NO/c1-3-9-16(17-4-2)14-18-13-8-12-15-10-6-5-7-11-15/h5-7,10-11,16-17H,3-4,8-9,12-14H2,1-2H3. The molecule has 0 spiro atoms. The van der Waals surface area contributed by atoms with Gasteiger partial charge in [0.15, 0.2) is 0 Å². The molecule has 0 radical (unpaired) electrons. The lowest BCUT2D eigenvalue weighted by molar-refractivity contribution is 0.107. The van der Waals surface area contributed by atoms with E-state index >= 15 is 0 Å². The summed E-state index contributed by atoms with van der Waals surface area (Å²) in [6, 6.07) is 11.1. The van der Waals surface area contributed by atoms with E-state index in [0.717, 1.165) is 32.6 Å². The third kappa shape index (κ3) is 6.77. The molecule has 18 heavy (non-hydrogen) atoms. The summed E-state index contributed by atoms with van der Waals surface area (Å²) in [7, 11) is 0. The van der Waals surface area contributed by atoms with E-state index in [4.69, 9.17) is 4.74 Å². The van der Waals surface area contributed by atoms with Crippen LogP contribution in [0.25, 0.3) is 0 Å². The van der Waals surface area contributed by atoms with Crippen LogP contribution in [-0.2, 0) is 11.2 Å². The summed E-state index contributed by atoms with van der Waals surface area (Å²) in [6.07, 6.45) is 4.63. The second kappa shape index (κ2) is 10.1. The topological polar surface area (TPSA) is 21.3 Å². The SMILES string of the molecule is CCCC(COCCCc1ccccc1)NCC. The second-order valence-corrected chi connectivity index (χ2v) is 4.71. The Labute approximate surface area is 112 Å². The van der Waals surface area contributed by atoms with Gasteiger partial charge in [-0.2, -0.15) is 0 Å². The first-order chi connectivity index (χ1) is 8.86. The van der Waals surface area contributed by atoms with Gasteiger partial charge in [0, 0.05) is 12.6 Å². The highest BCUT2D eigenvalue weighted by atomic mass is 16.5. The van der Waals surface area contributed by atoms with Crippen molar-refractivity contribution in [3.63, 3.8) is 0 Å². The van der Waals surface area contributed by atoms with E-state index in [0.29, 0.717) is 6.04 Å². The smallest absolute Gasteiger partial charge is 0.0619 e. The fraction of sp³-hybridized carbons (Fsp3) is 0.625. The van der Waals surface area contributed by atoms with Gasteiger partial charge in [-0.05, 0) is 31.4 Å². The van der Waals surface area contributed by atoms with Gasteiger partial charge in [0.2, 0.25) is 0 Å². The Morgan fingerprint density at radius 2 is 1.94 bits per heavy atom. The van der Waals surface area contributed by atoms with Crippen LogP contribution in [-0.4, -0.2) is 25.8 Å². The number of rotatable bonds is 10. The average Bonchev–Trinajstić information content (AvgIpc) is 2.40.